The van der Waals surface area contributed by atoms with Gasteiger partial charge in [0.1, 0.15) is 0 Å². The molecule has 0 spiro atoms. The summed E-state index contributed by atoms with van der Waals surface area (Å²) in [5.41, 5.74) is 0.788. The maximum atomic E-state index is 12.0. The molecule has 0 aliphatic rings. The second-order valence-corrected chi connectivity index (χ2v) is 4.60. The summed E-state index contributed by atoms with van der Waals surface area (Å²) in [5, 5.41) is 11.1. The Morgan fingerprint density at radius 1 is 1.13 bits per heavy atom. The molecule has 0 aliphatic carbocycles. The number of hydrogen-bond acceptors (Lipinski definition) is 5. The fraction of sp³-hybridized carbons (Fsp3) is 0.118. The molecule has 0 aliphatic heterocycles. The summed E-state index contributed by atoms with van der Waals surface area (Å²) in [6, 6.07) is 11.6. The van der Waals surface area contributed by atoms with E-state index in [-0.39, 0.29) is 23.0 Å². The molecule has 0 heterocycles. The van der Waals surface area contributed by atoms with Gasteiger partial charge in [0.05, 0.1) is 19.1 Å². The fourth-order valence-corrected chi connectivity index (χ4v) is 2.07. The number of methoxy groups -OCH3 is 2. The van der Waals surface area contributed by atoms with E-state index in [2.05, 4.69) is 0 Å². The number of nitro groups is 1. The molecule has 2 aromatic carbocycles. The average molecular weight is 313 g/mol. The van der Waals surface area contributed by atoms with Gasteiger partial charge >= 0.3 is 5.69 Å². The highest BCUT2D eigenvalue weighted by molar-refractivity contribution is 6.06. The van der Waals surface area contributed by atoms with Crippen LogP contribution < -0.4 is 9.47 Å². The van der Waals surface area contributed by atoms with Crippen molar-refractivity contribution >= 4 is 17.5 Å². The van der Waals surface area contributed by atoms with Crippen LogP contribution >= 0.6 is 0 Å². The molecule has 0 amide bonds. The third-order valence-corrected chi connectivity index (χ3v) is 3.16. The van der Waals surface area contributed by atoms with Gasteiger partial charge in [0.25, 0.3) is 0 Å². The number of nitro benzene ring substituents is 1. The molecular formula is C17H15NO5. The van der Waals surface area contributed by atoms with E-state index < -0.39 is 4.92 Å². The molecule has 0 saturated heterocycles. The minimum atomic E-state index is -0.558. The van der Waals surface area contributed by atoms with Gasteiger partial charge < -0.3 is 9.47 Å². The first-order chi connectivity index (χ1) is 11.1. The molecule has 0 bridgehead atoms. The van der Waals surface area contributed by atoms with Crippen molar-refractivity contribution in [2.75, 3.05) is 14.2 Å². The molecule has 0 N–H and O–H groups in total. The number of ether oxygens (including phenoxy) is 2. The fourth-order valence-electron chi connectivity index (χ4n) is 2.07. The van der Waals surface area contributed by atoms with Crippen LogP contribution in [0.2, 0.25) is 0 Å². The molecule has 0 radical (unpaired) electrons. The van der Waals surface area contributed by atoms with Gasteiger partial charge in [-0.25, -0.2) is 0 Å². The molecule has 6 heteroatoms. The standard InChI is InChI=1S/C17H15NO5/c1-22-16-11-12(10-14(18(20)21)17(16)23-2)8-9-15(19)13-6-4-3-5-7-13/h3-11H,1-2H3. The lowest BCUT2D eigenvalue weighted by atomic mass is 10.1. The summed E-state index contributed by atoms with van der Waals surface area (Å²) < 4.78 is 10.1. The van der Waals surface area contributed by atoms with E-state index in [0.29, 0.717) is 11.1 Å². The number of rotatable bonds is 6. The highest BCUT2D eigenvalue weighted by Crippen LogP contribution is 2.38. The van der Waals surface area contributed by atoms with E-state index in [9.17, 15) is 14.9 Å². The second-order valence-electron chi connectivity index (χ2n) is 4.60. The molecule has 0 fully saturated rings. The summed E-state index contributed by atoms with van der Waals surface area (Å²) in [7, 11) is 2.73. The molecule has 2 rings (SSSR count). The van der Waals surface area contributed by atoms with Crippen molar-refractivity contribution in [2.24, 2.45) is 0 Å². The van der Waals surface area contributed by atoms with Gasteiger partial charge in [-0.1, -0.05) is 36.4 Å². The van der Waals surface area contributed by atoms with Crippen LogP contribution in [0.15, 0.2) is 48.5 Å². The number of carbonyl (C=O) groups is 1. The monoisotopic (exact) mass is 313 g/mol. The first-order valence-corrected chi connectivity index (χ1v) is 6.74. The second kappa shape index (κ2) is 7.22. The maximum Gasteiger partial charge on any atom is 0.315 e. The minimum Gasteiger partial charge on any atom is -0.493 e. The third kappa shape index (κ3) is 3.74. The predicted molar refractivity (Wildman–Crippen MR) is 86.0 cm³/mol. The summed E-state index contributed by atoms with van der Waals surface area (Å²) in [5.74, 6) is 0.0839. The highest BCUT2D eigenvalue weighted by atomic mass is 16.6. The van der Waals surface area contributed by atoms with Crippen LogP contribution in [0.1, 0.15) is 15.9 Å². The lowest BCUT2D eigenvalue weighted by molar-refractivity contribution is -0.385. The van der Waals surface area contributed by atoms with Gasteiger partial charge in [-0.15, -0.1) is 0 Å². The van der Waals surface area contributed by atoms with Crippen molar-refractivity contribution in [3.63, 3.8) is 0 Å². The van der Waals surface area contributed by atoms with E-state index in [0.717, 1.165) is 0 Å². The van der Waals surface area contributed by atoms with Crippen molar-refractivity contribution in [2.45, 2.75) is 0 Å². The lowest BCUT2D eigenvalue weighted by Gasteiger charge is -2.08. The molecule has 0 atom stereocenters. The molecule has 0 saturated carbocycles. The van der Waals surface area contributed by atoms with E-state index >= 15 is 0 Å². The molecule has 6 nitrogen and oxygen atoms in total. The topological polar surface area (TPSA) is 78.7 Å². The van der Waals surface area contributed by atoms with Crippen LogP contribution in [-0.4, -0.2) is 24.9 Å². The number of ketones is 1. The molecule has 118 valence electrons. The first kappa shape index (κ1) is 16.2. The number of hydrogen-bond donors (Lipinski definition) is 0. The third-order valence-electron chi connectivity index (χ3n) is 3.16. The van der Waals surface area contributed by atoms with Gasteiger partial charge in [-0.3, -0.25) is 14.9 Å². The van der Waals surface area contributed by atoms with Crippen LogP contribution in [0, 0.1) is 10.1 Å². The van der Waals surface area contributed by atoms with Crippen LogP contribution in [0.4, 0.5) is 5.69 Å². The Balaban J connectivity index is 2.36. The highest BCUT2D eigenvalue weighted by Gasteiger charge is 2.20. The van der Waals surface area contributed by atoms with Crippen LogP contribution in [-0.2, 0) is 0 Å². The Bertz CT molecular complexity index is 753. The van der Waals surface area contributed by atoms with Crippen molar-refractivity contribution < 1.29 is 19.2 Å². The van der Waals surface area contributed by atoms with Gasteiger partial charge in [0.2, 0.25) is 5.75 Å². The van der Waals surface area contributed by atoms with Gasteiger partial charge in [0, 0.05) is 11.6 Å². The van der Waals surface area contributed by atoms with Gasteiger partial charge in [-0.05, 0) is 17.7 Å². The zero-order valence-electron chi connectivity index (χ0n) is 12.7. The van der Waals surface area contributed by atoms with Crippen molar-refractivity contribution in [1.82, 2.24) is 0 Å². The quantitative estimate of drug-likeness (QED) is 0.353. The molecule has 0 aromatic heterocycles. The SMILES string of the molecule is COc1cc(C=CC(=O)c2ccccc2)cc([N+](=O)[O-])c1OC. The van der Waals surface area contributed by atoms with Crippen LogP contribution in [0.3, 0.4) is 0 Å². The summed E-state index contributed by atoms with van der Waals surface area (Å²) in [6.07, 6.45) is 2.87. The number of carbonyl (C=O) groups excluding carboxylic acids is 1. The maximum absolute atomic E-state index is 12.0. The average Bonchev–Trinajstić information content (AvgIpc) is 2.59. The van der Waals surface area contributed by atoms with Crippen molar-refractivity contribution in [1.29, 1.82) is 0 Å². The normalized spacial score (nSPS) is 10.5. The lowest BCUT2D eigenvalue weighted by Crippen LogP contribution is -1.98. The molecule has 0 unspecified atom stereocenters. The smallest absolute Gasteiger partial charge is 0.315 e. The molecule has 2 aromatic rings. The van der Waals surface area contributed by atoms with Gasteiger partial charge in [0.15, 0.2) is 11.5 Å². The largest absolute Gasteiger partial charge is 0.493 e. The Morgan fingerprint density at radius 3 is 2.39 bits per heavy atom. The number of nitrogens with zero attached hydrogens (tertiary/aromatic N) is 1. The number of benzene rings is 2. The Labute approximate surface area is 133 Å². The van der Waals surface area contributed by atoms with E-state index in [4.69, 9.17) is 9.47 Å². The zero-order chi connectivity index (χ0) is 16.8. The van der Waals surface area contributed by atoms with Crippen molar-refractivity contribution in [3.8, 4) is 11.5 Å². The van der Waals surface area contributed by atoms with Crippen LogP contribution in [0.25, 0.3) is 6.08 Å². The van der Waals surface area contributed by atoms with E-state index in [1.54, 1.807) is 30.3 Å². The minimum absolute atomic E-state index is 0.0454. The summed E-state index contributed by atoms with van der Waals surface area (Å²) >= 11 is 0. The van der Waals surface area contributed by atoms with Crippen molar-refractivity contribution in [3.05, 3.63) is 69.8 Å². The number of allylic oxidation sites excluding steroid dienone is 1. The predicted octanol–water partition coefficient (Wildman–Crippen LogP) is 3.51. The Morgan fingerprint density at radius 2 is 1.83 bits per heavy atom. The molecule has 23 heavy (non-hydrogen) atoms. The van der Waals surface area contributed by atoms with E-state index in [1.807, 2.05) is 6.07 Å². The summed E-state index contributed by atoms with van der Waals surface area (Å²) in [4.78, 5) is 22.6. The Hall–Kier alpha value is -3.15. The first-order valence-electron chi connectivity index (χ1n) is 6.74. The van der Waals surface area contributed by atoms with Gasteiger partial charge in [-0.2, -0.15) is 0 Å². The van der Waals surface area contributed by atoms with E-state index in [1.165, 1.54) is 32.4 Å². The summed E-state index contributed by atoms with van der Waals surface area (Å²) in [6.45, 7) is 0. The Kier molecular flexibility index (Phi) is 5.09. The molecular weight excluding hydrogens is 298 g/mol. The zero-order valence-corrected chi connectivity index (χ0v) is 12.7. The van der Waals surface area contributed by atoms with Crippen LogP contribution in [0.5, 0.6) is 11.5 Å².